The molecular weight excluding hydrogens is 269 g/mol. The van der Waals surface area contributed by atoms with Crippen LogP contribution in [0.4, 0.5) is 4.39 Å². The number of benzene rings is 1. The maximum atomic E-state index is 13.5. The van der Waals surface area contributed by atoms with Crippen LogP contribution in [0.25, 0.3) is 0 Å². The Morgan fingerprint density at radius 3 is 2.48 bits per heavy atom. The van der Waals surface area contributed by atoms with Gasteiger partial charge in [0, 0.05) is 6.54 Å². The molecule has 1 saturated carbocycles. The minimum Gasteiger partial charge on any atom is -0.388 e. The molecule has 0 heterocycles. The summed E-state index contributed by atoms with van der Waals surface area (Å²) in [6.07, 6.45) is 3.30. The lowest BCUT2D eigenvalue weighted by Gasteiger charge is -2.40. The van der Waals surface area contributed by atoms with E-state index in [4.69, 9.17) is 0 Å². The van der Waals surface area contributed by atoms with Crippen LogP contribution in [0.1, 0.15) is 45.1 Å². The van der Waals surface area contributed by atoms with Crippen LogP contribution in [-0.2, 0) is 11.2 Å². The molecule has 2 N–H and O–H groups in total. The number of halogens is 1. The molecule has 1 amide bonds. The largest absolute Gasteiger partial charge is 0.388 e. The van der Waals surface area contributed by atoms with Gasteiger partial charge >= 0.3 is 0 Å². The van der Waals surface area contributed by atoms with Gasteiger partial charge in [0.25, 0.3) is 0 Å². The molecule has 1 fully saturated rings. The number of hydrogen-bond acceptors (Lipinski definition) is 2. The van der Waals surface area contributed by atoms with E-state index in [1.54, 1.807) is 18.2 Å². The van der Waals surface area contributed by atoms with Gasteiger partial charge in [-0.05, 0) is 42.7 Å². The summed E-state index contributed by atoms with van der Waals surface area (Å²) < 4.78 is 13.5. The predicted octanol–water partition coefficient (Wildman–Crippen LogP) is 2.82. The van der Waals surface area contributed by atoms with Gasteiger partial charge in [-0.15, -0.1) is 0 Å². The highest BCUT2D eigenvalue weighted by Crippen LogP contribution is 2.39. The molecule has 0 atom stereocenters. The van der Waals surface area contributed by atoms with E-state index in [2.05, 4.69) is 19.2 Å². The van der Waals surface area contributed by atoms with Crippen molar-refractivity contribution in [3.63, 3.8) is 0 Å². The fraction of sp³-hybridized carbons (Fsp3) is 0.588. The van der Waals surface area contributed by atoms with Crippen molar-refractivity contribution in [3.05, 3.63) is 35.6 Å². The minimum atomic E-state index is -0.819. The molecule has 0 bridgehead atoms. The van der Waals surface area contributed by atoms with Gasteiger partial charge in [0.15, 0.2) is 0 Å². The molecule has 116 valence electrons. The fourth-order valence-corrected chi connectivity index (χ4v) is 2.71. The number of carbonyl (C=O) groups excluding carboxylic acids is 1. The summed E-state index contributed by atoms with van der Waals surface area (Å²) in [5.41, 5.74) is -0.171. The van der Waals surface area contributed by atoms with Crippen LogP contribution in [0.5, 0.6) is 0 Å². The smallest absolute Gasteiger partial charge is 0.224 e. The molecule has 1 aliphatic rings. The Hall–Kier alpha value is -1.42. The molecule has 0 saturated heterocycles. The van der Waals surface area contributed by atoms with Crippen molar-refractivity contribution >= 4 is 5.91 Å². The van der Waals surface area contributed by atoms with E-state index in [9.17, 15) is 14.3 Å². The third-order valence-corrected chi connectivity index (χ3v) is 4.46. The monoisotopic (exact) mass is 293 g/mol. The molecule has 4 heteroatoms. The highest BCUT2D eigenvalue weighted by molar-refractivity contribution is 5.78. The number of amides is 1. The molecule has 0 unspecified atom stereocenters. The first kappa shape index (κ1) is 16.0. The van der Waals surface area contributed by atoms with E-state index in [0.29, 0.717) is 18.4 Å². The number of carbonyl (C=O) groups is 1. The van der Waals surface area contributed by atoms with E-state index in [1.165, 1.54) is 6.07 Å². The lowest BCUT2D eigenvalue weighted by Crippen LogP contribution is -2.46. The number of rotatable bonds is 4. The molecular formula is C17H24FNO2. The van der Waals surface area contributed by atoms with Gasteiger partial charge in [-0.1, -0.05) is 32.0 Å². The normalized spacial score (nSPS) is 20.0. The Morgan fingerprint density at radius 2 is 1.86 bits per heavy atom. The molecule has 1 aromatic carbocycles. The first-order chi connectivity index (χ1) is 9.80. The van der Waals surface area contributed by atoms with E-state index in [-0.39, 0.29) is 30.1 Å². The maximum Gasteiger partial charge on any atom is 0.224 e. The first-order valence-corrected chi connectivity index (χ1v) is 7.52. The summed E-state index contributed by atoms with van der Waals surface area (Å²) in [5.74, 6) is -0.621. The van der Waals surface area contributed by atoms with Crippen molar-refractivity contribution in [1.29, 1.82) is 0 Å². The van der Waals surface area contributed by atoms with Crippen LogP contribution in [-0.4, -0.2) is 23.2 Å². The standard InChI is InChI=1S/C17H24FNO2/c1-16(2)7-9-17(21,10-8-16)12-19-15(20)11-13-5-3-4-6-14(13)18/h3-6,21H,7-12H2,1-2H3,(H,19,20). The lowest BCUT2D eigenvalue weighted by molar-refractivity contribution is -0.122. The number of aliphatic hydroxyl groups is 1. The Kier molecular flexibility index (Phi) is 4.67. The van der Waals surface area contributed by atoms with Crippen LogP contribution in [0, 0.1) is 11.2 Å². The molecule has 21 heavy (non-hydrogen) atoms. The van der Waals surface area contributed by atoms with Gasteiger partial charge in [0.2, 0.25) is 5.91 Å². The van der Waals surface area contributed by atoms with Gasteiger partial charge in [-0.3, -0.25) is 4.79 Å². The summed E-state index contributed by atoms with van der Waals surface area (Å²) in [4.78, 5) is 11.9. The second-order valence-corrected chi connectivity index (χ2v) is 6.93. The van der Waals surface area contributed by atoms with Crippen LogP contribution in [0.3, 0.4) is 0 Å². The lowest BCUT2D eigenvalue weighted by atomic mass is 9.71. The summed E-state index contributed by atoms with van der Waals surface area (Å²) in [7, 11) is 0. The van der Waals surface area contributed by atoms with E-state index in [1.807, 2.05) is 0 Å². The summed E-state index contributed by atoms with van der Waals surface area (Å²) in [6, 6.07) is 6.26. The molecule has 0 aliphatic heterocycles. The molecule has 0 spiro atoms. The SMILES string of the molecule is CC1(C)CCC(O)(CNC(=O)Cc2ccccc2F)CC1. The molecule has 0 aromatic heterocycles. The van der Waals surface area contributed by atoms with Crippen molar-refractivity contribution in [3.8, 4) is 0 Å². The highest BCUT2D eigenvalue weighted by atomic mass is 19.1. The van der Waals surface area contributed by atoms with E-state index >= 15 is 0 Å². The second kappa shape index (κ2) is 6.14. The Labute approximate surface area is 125 Å². The van der Waals surface area contributed by atoms with Crippen molar-refractivity contribution in [1.82, 2.24) is 5.32 Å². The predicted molar refractivity (Wildman–Crippen MR) is 80.3 cm³/mol. The molecule has 1 aliphatic carbocycles. The average molecular weight is 293 g/mol. The second-order valence-electron chi connectivity index (χ2n) is 6.93. The third-order valence-electron chi connectivity index (χ3n) is 4.46. The van der Waals surface area contributed by atoms with Gasteiger partial charge in [-0.2, -0.15) is 0 Å². The van der Waals surface area contributed by atoms with Crippen LogP contribution >= 0.6 is 0 Å². The minimum absolute atomic E-state index is 0.00818. The first-order valence-electron chi connectivity index (χ1n) is 7.52. The molecule has 1 aromatic rings. The summed E-state index contributed by atoms with van der Waals surface area (Å²) in [5, 5.41) is 13.2. The Morgan fingerprint density at radius 1 is 1.24 bits per heavy atom. The van der Waals surface area contributed by atoms with Crippen molar-refractivity contribution in [2.24, 2.45) is 5.41 Å². The Balaban J connectivity index is 1.83. The van der Waals surface area contributed by atoms with Crippen LogP contribution < -0.4 is 5.32 Å². The van der Waals surface area contributed by atoms with Crippen molar-refractivity contribution in [2.75, 3.05) is 6.54 Å². The van der Waals surface area contributed by atoms with E-state index in [0.717, 1.165) is 12.8 Å². The average Bonchev–Trinajstić information content (AvgIpc) is 2.43. The van der Waals surface area contributed by atoms with Crippen molar-refractivity contribution < 1.29 is 14.3 Å². The van der Waals surface area contributed by atoms with Gasteiger partial charge in [0.1, 0.15) is 5.82 Å². The van der Waals surface area contributed by atoms with Gasteiger partial charge in [0.05, 0.1) is 12.0 Å². The Bertz CT molecular complexity index is 503. The number of hydrogen-bond donors (Lipinski definition) is 2. The fourth-order valence-electron chi connectivity index (χ4n) is 2.71. The molecule has 2 rings (SSSR count). The highest BCUT2D eigenvalue weighted by Gasteiger charge is 2.36. The molecule has 3 nitrogen and oxygen atoms in total. The zero-order valence-electron chi connectivity index (χ0n) is 12.8. The maximum absolute atomic E-state index is 13.5. The molecule has 0 radical (unpaired) electrons. The third kappa shape index (κ3) is 4.53. The van der Waals surface area contributed by atoms with Crippen molar-refractivity contribution in [2.45, 2.75) is 51.6 Å². The topological polar surface area (TPSA) is 49.3 Å². The quantitative estimate of drug-likeness (QED) is 0.897. The summed E-state index contributed by atoms with van der Waals surface area (Å²) in [6.45, 7) is 4.64. The zero-order valence-corrected chi connectivity index (χ0v) is 12.8. The van der Waals surface area contributed by atoms with E-state index < -0.39 is 5.60 Å². The van der Waals surface area contributed by atoms with Crippen LogP contribution in [0.2, 0.25) is 0 Å². The van der Waals surface area contributed by atoms with Gasteiger partial charge < -0.3 is 10.4 Å². The number of nitrogens with one attached hydrogen (secondary N) is 1. The van der Waals surface area contributed by atoms with Gasteiger partial charge in [-0.25, -0.2) is 4.39 Å². The zero-order chi connectivity index (χ0) is 15.5. The summed E-state index contributed by atoms with van der Waals surface area (Å²) >= 11 is 0. The van der Waals surface area contributed by atoms with Crippen LogP contribution in [0.15, 0.2) is 24.3 Å².